The highest BCUT2D eigenvalue weighted by atomic mass is 35.5. The predicted octanol–water partition coefficient (Wildman–Crippen LogP) is 2.28. The van der Waals surface area contributed by atoms with E-state index in [0.717, 1.165) is 4.52 Å². The van der Waals surface area contributed by atoms with Gasteiger partial charge in [0.1, 0.15) is 5.69 Å². The molecule has 2 aromatic heterocycles. The molecular weight excluding hydrogens is 286 g/mol. The molecule has 0 radical (unpaired) electrons. The van der Waals surface area contributed by atoms with Gasteiger partial charge in [0.05, 0.1) is 11.5 Å². The van der Waals surface area contributed by atoms with Crippen molar-refractivity contribution in [3.63, 3.8) is 0 Å². The van der Waals surface area contributed by atoms with Crippen molar-refractivity contribution in [1.29, 1.82) is 0 Å². The number of aromatic nitrogens is 4. The lowest BCUT2D eigenvalue weighted by molar-refractivity contribution is -0.386. The lowest BCUT2D eigenvalue weighted by Crippen LogP contribution is -2.07. The van der Waals surface area contributed by atoms with Gasteiger partial charge in [-0.15, -0.1) is 5.10 Å². The summed E-state index contributed by atoms with van der Waals surface area (Å²) in [6.07, 6.45) is 0.434. The molecule has 2 rings (SSSR count). The summed E-state index contributed by atoms with van der Waals surface area (Å²) < 4.78 is 6.28. The minimum absolute atomic E-state index is 0.0953. The molecule has 0 unspecified atom stereocenters. The molecule has 0 aromatic carbocycles. The van der Waals surface area contributed by atoms with Gasteiger partial charge in [0.25, 0.3) is 5.78 Å². The molecule has 0 aliphatic carbocycles. The SMILES string of the molecule is CCOc1nc2nc(CC(C)C)c([N+](=O)[O-])c(Cl)n2n1. The van der Waals surface area contributed by atoms with E-state index in [2.05, 4.69) is 15.1 Å². The maximum absolute atomic E-state index is 11.2. The van der Waals surface area contributed by atoms with Crippen molar-refractivity contribution < 1.29 is 9.66 Å². The van der Waals surface area contributed by atoms with Gasteiger partial charge in [-0.05, 0) is 19.3 Å². The second kappa shape index (κ2) is 5.58. The van der Waals surface area contributed by atoms with Crippen LogP contribution < -0.4 is 4.74 Å². The van der Waals surface area contributed by atoms with Crippen LogP contribution in [-0.2, 0) is 6.42 Å². The summed E-state index contributed by atoms with van der Waals surface area (Å²) in [5.41, 5.74) is 0.0683. The number of hydrogen-bond acceptors (Lipinski definition) is 6. The van der Waals surface area contributed by atoms with E-state index < -0.39 is 4.92 Å². The van der Waals surface area contributed by atoms with E-state index in [4.69, 9.17) is 16.3 Å². The lowest BCUT2D eigenvalue weighted by Gasteiger charge is -2.06. The van der Waals surface area contributed by atoms with Crippen molar-refractivity contribution >= 4 is 23.1 Å². The van der Waals surface area contributed by atoms with E-state index in [1.807, 2.05) is 13.8 Å². The van der Waals surface area contributed by atoms with Crippen LogP contribution in [-0.4, -0.2) is 31.1 Å². The topological polar surface area (TPSA) is 95.5 Å². The van der Waals surface area contributed by atoms with Gasteiger partial charge in [-0.2, -0.15) is 9.50 Å². The lowest BCUT2D eigenvalue weighted by atomic mass is 10.1. The van der Waals surface area contributed by atoms with Crippen LogP contribution in [0.4, 0.5) is 5.69 Å². The molecule has 0 aliphatic heterocycles. The van der Waals surface area contributed by atoms with Crippen molar-refractivity contribution in [2.75, 3.05) is 6.61 Å². The fourth-order valence-electron chi connectivity index (χ4n) is 1.78. The second-order valence-corrected chi connectivity index (χ2v) is 4.95. The molecular formula is C11H14ClN5O3. The quantitative estimate of drug-likeness (QED) is 0.477. The van der Waals surface area contributed by atoms with Crippen LogP contribution in [0.25, 0.3) is 5.78 Å². The Bertz CT molecular complexity index is 655. The molecule has 0 saturated carbocycles. The van der Waals surface area contributed by atoms with Crippen molar-refractivity contribution in [3.05, 3.63) is 21.0 Å². The normalized spacial score (nSPS) is 11.2. The first kappa shape index (κ1) is 14.4. The molecule has 0 saturated heterocycles. The summed E-state index contributed by atoms with van der Waals surface area (Å²) in [5.74, 6) is 0.397. The third-order valence-corrected chi connectivity index (χ3v) is 2.86. The highest BCUT2D eigenvalue weighted by Gasteiger charge is 2.26. The van der Waals surface area contributed by atoms with Crippen LogP contribution in [0.5, 0.6) is 6.01 Å². The summed E-state index contributed by atoms with van der Waals surface area (Å²) in [6, 6.07) is 0.0953. The fraction of sp³-hybridized carbons (Fsp3) is 0.545. The maximum Gasteiger partial charge on any atom is 0.337 e. The van der Waals surface area contributed by atoms with Crippen LogP contribution in [0.3, 0.4) is 0 Å². The highest BCUT2D eigenvalue weighted by molar-refractivity contribution is 6.31. The van der Waals surface area contributed by atoms with Gasteiger partial charge in [-0.3, -0.25) is 10.1 Å². The second-order valence-electron chi connectivity index (χ2n) is 4.59. The highest BCUT2D eigenvalue weighted by Crippen LogP contribution is 2.29. The molecule has 0 amide bonds. The first-order valence-electron chi connectivity index (χ1n) is 6.16. The third-order valence-electron chi connectivity index (χ3n) is 2.52. The van der Waals surface area contributed by atoms with Gasteiger partial charge in [-0.25, -0.2) is 4.98 Å². The van der Waals surface area contributed by atoms with Crippen LogP contribution >= 0.6 is 11.6 Å². The summed E-state index contributed by atoms with van der Waals surface area (Å²) in [7, 11) is 0. The summed E-state index contributed by atoms with van der Waals surface area (Å²) >= 11 is 6.06. The first-order valence-corrected chi connectivity index (χ1v) is 6.54. The van der Waals surface area contributed by atoms with E-state index in [9.17, 15) is 10.1 Å². The van der Waals surface area contributed by atoms with Gasteiger partial charge in [-0.1, -0.05) is 25.4 Å². The largest absolute Gasteiger partial charge is 0.463 e. The Morgan fingerprint density at radius 1 is 1.45 bits per heavy atom. The number of ether oxygens (including phenoxy) is 1. The molecule has 0 atom stereocenters. The van der Waals surface area contributed by atoms with Gasteiger partial charge in [0, 0.05) is 0 Å². The van der Waals surface area contributed by atoms with E-state index in [0.29, 0.717) is 18.7 Å². The minimum Gasteiger partial charge on any atom is -0.463 e. The van der Waals surface area contributed by atoms with Crippen molar-refractivity contribution in [2.45, 2.75) is 27.2 Å². The average Bonchev–Trinajstić information content (AvgIpc) is 2.71. The molecule has 9 heteroatoms. The van der Waals surface area contributed by atoms with Crippen LogP contribution in [0.1, 0.15) is 26.5 Å². The molecule has 0 fully saturated rings. The maximum atomic E-state index is 11.2. The zero-order valence-electron chi connectivity index (χ0n) is 11.3. The molecule has 0 N–H and O–H groups in total. The van der Waals surface area contributed by atoms with Crippen LogP contribution in [0.2, 0.25) is 5.15 Å². The van der Waals surface area contributed by atoms with Gasteiger partial charge in [0.2, 0.25) is 5.15 Å². The molecule has 0 bridgehead atoms. The molecule has 2 aromatic rings. The number of hydrogen-bond donors (Lipinski definition) is 0. The summed E-state index contributed by atoms with van der Waals surface area (Å²) in [5, 5.41) is 15.0. The standard InChI is InChI=1S/C11H14ClN5O3/c1-4-20-11-14-10-13-7(5-6(2)3)8(17(18)19)9(12)16(10)15-11/h6H,4-5H2,1-3H3. The molecule has 0 aliphatic rings. The Hall–Kier alpha value is -1.96. The smallest absolute Gasteiger partial charge is 0.337 e. The summed E-state index contributed by atoms with van der Waals surface area (Å²) in [4.78, 5) is 18.9. The third kappa shape index (κ3) is 2.64. The van der Waals surface area contributed by atoms with Crippen molar-refractivity contribution in [2.24, 2.45) is 5.92 Å². The molecule has 2 heterocycles. The number of halogens is 1. The average molecular weight is 300 g/mol. The monoisotopic (exact) mass is 299 g/mol. The van der Waals surface area contributed by atoms with Crippen molar-refractivity contribution in [3.8, 4) is 6.01 Å². The first-order chi connectivity index (χ1) is 9.43. The van der Waals surface area contributed by atoms with Crippen molar-refractivity contribution in [1.82, 2.24) is 19.6 Å². The predicted molar refractivity (Wildman–Crippen MR) is 72.2 cm³/mol. The molecule has 8 nitrogen and oxygen atoms in total. The van der Waals surface area contributed by atoms with E-state index in [-0.39, 0.29) is 28.5 Å². The molecule has 20 heavy (non-hydrogen) atoms. The number of fused-ring (bicyclic) bond motifs is 1. The van der Waals surface area contributed by atoms with Crippen LogP contribution in [0, 0.1) is 16.0 Å². The Balaban J connectivity index is 2.65. The summed E-state index contributed by atoms with van der Waals surface area (Å²) in [6.45, 7) is 6.06. The van der Waals surface area contributed by atoms with Gasteiger partial charge < -0.3 is 4.74 Å². The number of nitrogens with zero attached hydrogens (tertiary/aromatic N) is 5. The Morgan fingerprint density at radius 2 is 2.15 bits per heavy atom. The van der Waals surface area contributed by atoms with E-state index in [1.165, 1.54) is 0 Å². The van der Waals surface area contributed by atoms with Gasteiger partial charge >= 0.3 is 11.7 Å². The zero-order valence-corrected chi connectivity index (χ0v) is 12.1. The zero-order chi connectivity index (χ0) is 14.9. The molecule has 0 spiro atoms. The van der Waals surface area contributed by atoms with Gasteiger partial charge in [0.15, 0.2) is 0 Å². The Labute approximate surface area is 119 Å². The molecule has 108 valence electrons. The number of nitro groups is 1. The van der Waals surface area contributed by atoms with E-state index >= 15 is 0 Å². The Morgan fingerprint density at radius 3 is 2.70 bits per heavy atom. The van der Waals surface area contributed by atoms with Crippen LogP contribution in [0.15, 0.2) is 0 Å². The Kier molecular flexibility index (Phi) is 4.03. The fourth-order valence-corrected chi connectivity index (χ4v) is 2.07. The number of rotatable bonds is 5. The van der Waals surface area contributed by atoms with E-state index in [1.54, 1.807) is 6.92 Å². The minimum atomic E-state index is -0.547.